The molecule has 2 rings (SSSR count). The molecule has 0 aliphatic rings. The summed E-state index contributed by atoms with van der Waals surface area (Å²) in [5, 5.41) is 5.82. The summed E-state index contributed by atoms with van der Waals surface area (Å²) in [6.45, 7) is 6.20. The maximum absolute atomic E-state index is 12.9. The van der Waals surface area contributed by atoms with E-state index in [1.165, 1.54) is 43.3 Å². The highest BCUT2D eigenvalue weighted by molar-refractivity contribution is 7.87. The van der Waals surface area contributed by atoms with Gasteiger partial charge in [-0.25, -0.2) is 4.79 Å². The van der Waals surface area contributed by atoms with E-state index < -0.39 is 10.1 Å². The minimum absolute atomic E-state index is 0.0646. The summed E-state index contributed by atoms with van der Waals surface area (Å²) in [6, 6.07) is 9.85. The largest absolute Gasteiger partial charge is 0.379 e. The summed E-state index contributed by atoms with van der Waals surface area (Å²) in [7, 11) is -0.380. The highest BCUT2D eigenvalue weighted by Crippen LogP contribution is 2.28. The minimum atomic E-state index is -4.18. The summed E-state index contributed by atoms with van der Waals surface area (Å²) in [5.41, 5.74) is 0.912. The first kappa shape index (κ1) is 27.4. The lowest BCUT2D eigenvalue weighted by molar-refractivity contribution is -0.114. The molecule has 0 aromatic heterocycles. The lowest BCUT2D eigenvalue weighted by atomic mass is 10.2. The van der Waals surface area contributed by atoms with Crippen LogP contribution in [-0.2, 0) is 21.5 Å². The quantitative estimate of drug-likeness (QED) is 0.473. The highest BCUT2D eigenvalue weighted by atomic mass is 35.5. The molecule has 0 aliphatic heterocycles. The molecule has 0 radical (unpaired) electrons. The predicted octanol–water partition coefficient (Wildman–Crippen LogP) is 3.55. The van der Waals surface area contributed by atoms with E-state index in [0.29, 0.717) is 29.4 Å². The van der Waals surface area contributed by atoms with E-state index in [1.54, 1.807) is 11.0 Å². The lowest BCUT2D eigenvalue weighted by Crippen LogP contribution is -2.45. The Morgan fingerprint density at radius 1 is 1.06 bits per heavy atom. The molecule has 2 aromatic carbocycles. The van der Waals surface area contributed by atoms with E-state index in [9.17, 15) is 18.0 Å². The Morgan fingerprint density at radius 2 is 1.71 bits per heavy atom. The molecule has 0 saturated carbocycles. The number of hydrogen-bond acceptors (Lipinski definition) is 6. The number of anilines is 1. The number of carbonyl (C=O) groups is 2. The van der Waals surface area contributed by atoms with Gasteiger partial charge in [-0.15, -0.1) is 0 Å². The Morgan fingerprint density at radius 3 is 2.26 bits per heavy atom. The van der Waals surface area contributed by atoms with Crippen molar-refractivity contribution >= 4 is 39.3 Å². The van der Waals surface area contributed by atoms with E-state index in [-0.39, 0.29) is 35.2 Å². The number of amides is 3. The molecule has 2 aromatic rings. The van der Waals surface area contributed by atoms with Crippen LogP contribution in [0.4, 0.5) is 10.5 Å². The van der Waals surface area contributed by atoms with E-state index in [0.717, 1.165) is 0 Å². The Bertz CT molecular complexity index is 1100. The normalized spacial score (nSPS) is 11.4. The van der Waals surface area contributed by atoms with Gasteiger partial charge in [-0.1, -0.05) is 11.6 Å². The van der Waals surface area contributed by atoms with E-state index in [2.05, 4.69) is 10.6 Å². The molecular formula is C23H31ClN4O5S. The van der Waals surface area contributed by atoms with Crippen molar-refractivity contribution in [3.05, 3.63) is 53.1 Å². The third kappa shape index (κ3) is 8.51. The number of nitrogens with one attached hydrogen (secondary N) is 2. The van der Waals surface area contributed by atoms with Crippen LogP contribution < -0.4 is 14.8 Å². The summed E-state index contributed by atoms with van der Waals surface area (Å²) >= 11 is 6.17. The van der Waals surface area contributed by atoms with Crippen molar-refractivity contribution in [1.29, 1.82) is 0 Å². The molecule has 0 heterocycles. The van der Waals surface area contributed by atoms with Crippen LogP contribution in [0.2, 0.25) is 5.02 Å². The first-order valence-electron chi connectivity index (χ1n) is 10.7. The molecule has 3 amide bonds. The molecule has 11 heteroatoms. The molecule has 0 unspecified atom stereocenters. The van der Waals surface area contributed by atoms with Gasteiger partial charge in [0.25, 0.3) is 0 Å². The topological polar surface area (TPSA) is 108 Å². The number of rotatable bonds is 10. The number of hydrogen-bond donors (Lipinski definition) is 2. The lowest BCUT2D eigenvalue weighted by Gasteiger charge is -2.26. The molecule has 9 nitrogen and oxygen atoms in total. The van der Waals surface area contributed by atoms with Gasteiger partial charge in [0.1, 0.15) is 10.6 Å². The fraction of sp³-hybridized carbons (Fsp3) is 0.391. The fourth-order valence-electron chi connectivity index (χ4n) is 2.94. The maximum atomic E-state index is 12.9. The van der Waals surface area contributed by atoms with Crippen LogP contribution in [0.5, 0.6) is 5.75 Å². The third-order valence-electron chi connectivity index (χ3n) is 4.56. The fourth-order valence-corrected chi connectivity index (χ4v) is 4.10. The van der Waals surface area contributed by atoms with Gasteiger partial charge in [0.15, 0.2) is 0 Å². The third-order valence-corrected chi connectivity index (χ3v) is 6.05. The second-order valence-corrected chi connectivity index (χ2v) is 10.3. The van der Waals surface area contributed by atoms with E-state index in [4.69, 9.17) is 15.8 Å². The Kier molecular flexibility index (Phi) is 9.72. The predicted molar refractivity (Wildman–Crippen MR) is 133 cm³/mol. The summed E-state index contributed by atoms with van der Waals surface area (Å²) in [5.74, 6) is -0.194. The van der Waals surface area contributed by atoms with Gasteiger partial charge in [-0.05, 0) is 70.4 Å². The van der Waals surface area contributed by atoms with Crippen molar-refractivity contribution in [2.24, 2.45) is 0 Å². The first-order chi connectivity index (χ1) is 15.9. The molecule has 34 heavy (non-hydrogen) atoms. The Balaban J connectivity index is 2.31. The summed E-state index contributed by atoms with van der Waals surface area (Å²) in [6.07, 6.45) is 0. The van der Waals surface area contributed by atoms with Crippen LogP contribution >= 0.6 is 11.6 Å². The summed E-state index contributed by atoms with van der Waals surface area (Å²) in [4.78, 5) is 27.4. The smallest absolute Gasteiger partial charge is 0.339 e. The number of benzene rings is 2. The number of nitrogens with zero attached hydrogens (tertiary/aromatic N) is 2. The number of carbonyl (C=O) groups excluding carboxylic acids is 2. The standard InChI is InChI=1S/C23H31ClN4O5S/c1-16(2)25-23(30)28(13-12-27(4)5)15-18-14-19(24)6-11-22(18)33-34(31,32)21-9-7-20(8-10-21)26-17(3)29/h6-11,14,16H,12-13,15H2,1-5H3,(H,25,30)(H,26,29). The van der Waals surface area contributed by atoms with Crippen LogP contribution in [-0.4, -0.2) is 63.4 Å². The molecular weight excluding hydrogens is 480 g/mol. The molecule has 2 N–H and O–H groups in total. The van der Waals surface area contributed by atoms with Crippen molar-refractivity contribution in [1.82, 2.24) is 15.1 Å². The molecule has 0 spiro atoms. The first-order valence-corrected chi connectivity index (χ1v) is 12.5. The van der Waals surface area contributed by atoms with Gasteiger partial charge in [-0.3, -0.25) is 4.79 Å². The van der Waals surface area contributed by atoms with Crippen LogP contribution in [0.1, 0.15) is 26.3 Å². The van der Waals surface area contributed by atoms with E-state index in [1.807, 2.05) is 32.8 Å². The zero-order valence-electron chi connectivity index (χ0n) is 20.0. The average molecular weight is 511 g/mol. The van der Waals surface area contributed by atoms with Gasteiger partial charge in [0.05, 0.1) is 6.54 Å². The molecule has 0 aliphatic carbocycles. The SMILES string of the molecule is CC(=O)Nc1ccc(S(=O)(=O)Oc2ccc(Cl)cc2CN(CCN(C)C)C(=O)NC(C)C)cc1. The number of likely N-dealkylation sites (N-methyl/N-ethyl adjacent to an activating group) is 1. The zero-order chi connectivity index (χ0) is 25.5. The van der Waals surface area contributed by atoms with Crippen LogP contribution in [0, 0.1) is 0 Å². The van der Waals surface area contributed by atoms with Gasteiger partial charge < -0.3 is 24.6 Å². The number of halogens is 1. The Hall–Kier alpha value is -2.82. The number of urea groups is 1. The minimum Gasteiger partial charge on any atom is -0.379 e. The van der Waals surface area contributed by atoms with Crippen molar-refractivity contribution in [3.8, 4) is 5.75 Å². The van der Waals surface area contributed by atoms with Gasteiger partial charge in [0.2, 0.25) is 5.91 Å². The molecule has 0 atom stereocenters. The van der Waals surface area contributed by atoms with Crippen LogP contribution in [0.15, 0.2) is 47.4 Å². The van der Waals surface area contributed by atoms with Gasteiger partial charge >= 0.3 is 16.1 Å². The zero-order valence-corrected chi connectivity index (χ0v) is 21.5. The second-order valence-electron chi connectivity index (χ2n) is 8.32. The van der Waals surface area contributed by atoms with Crippen molar-refractivity contribution in [2.45, 2.75) is 38.3 Å². The molecule has 0 saturated heterocycles. The molecule has 0 bridgehead atoms. The molecule has 0 fully saturated rings. The van der Waals surface area contributed by atoms with Crippen molar-refractivity contribution < 1.29 is 22.2 Å². The monoisotopic (exact) mass is 510 g/mol. The van der Waals surface area contributed by atoms with Gasteiger partial charge in [-0.2, -0.15) is 8.42 Å². The van der Waals surface area contributed by atoms with Crippen LogP contribution in [0.25, 0.3) is 0 Å². The van der Waals surface area contributed by atoms with Crippen molar-refractivity contribution in [3.63, 3.8) is 0 Å². The second kappa shape index (κ2) is 12.0. The highest BCUT2D eigenvalue weighted by Gasteiger charge is 2.22. The average Bonchev–Trinajstić information content (AvgIpc) is 2.72. The van der Waals surface area contributed by atoms with Crippen molar-refractivity contribution in [2.75, 3.05) is 32.5 Å². The maximum Gasteiger partial charge on any atom is 0.339 e. The summed E-state index contributed by atoms with van der Waals surface area (Å²) < 4.78 is 31.3. The Labute approximate surface area is 206 Å². The molecule has 186 valence electrons. The van der Waals surface area contributed by atoms with Gasteiger partial charge in [0, 0.05) is 42.3 Å². The van der Waals surface area contributed by atoms with Crippen LogP contribution in [0.3, 0.4) is 0 Å². The van der Waals surface area contributed by atoms with E-state index >= 15 is 0 Å².